The predicted molar refractivity (Wildman–Crippen MR) is 103 cm³/mol. The average molecular weight is 405 g/mol. The lowest BCUT2D eigenvalue weighted by molar-refractivity contribution is -0.136. The molecule has 3 rings (SSSR count). The van der Waals surface area contributed by atoms with E-state index in [1.807, 2.05) is 30.3 Å². The van der Waals surface area contributed by atoms with E-state index in [2.05, 4.69) is 5.32 Å². The standard InChI is InChI=1S/C21H22F3N3O2/c1-26(13-17(28)25-16-10-9-15(22)18(23)19(16)24)20(14-7-3-2-4-8-14)21(29)27-11-5-6-12-27/h2-4,7-10,20H,5-6,11-13H2,1H3,(H,25,28)/t20-/m1/s1. The summed E-state index contributed by atoms with van der Waals surface area (Å²) in [7, 11) is 1.62. The number of rotatable bonds is 6. The second-order valence-electron chi connectivity index (χ2n) is 7.03. The summed E-state index contributed by atoms with van der Waals surface area (Å²) < 4.78 is 40.2. The van der Waals surface area contributed by atoms with Crippen molar-refractivity contribution in [3.63, 3.8) is 0 Å². The second-order valence-corrected chi connectivity index (χ2v) is 7.03. The van der Waals surface area contributed by atoms with Crippen LogP contribution in [0.5, 0.6) is 0 Å². The molecule has 1 N–H and O–H groups in total. The van der Waals surface area contributed by atoms with Gasteiger partial charge in [-0.2, -0.15) is 0 Å². The number of carbonyl (C=O) groups is 2. The van der Waals surface area contributed by atoms with Gasteiger partial charge in [0.25, 0.3) is 0 Å². The van der Waals surface area contributed by atoms with Crippen molar-refractivity contribution in [2.24, 2.45) is 0 Å². The average Bonchev–Trinajstić information content (AvgIpc) is 3.24. The molecule has 1 atom stereocenters. The summed E-state index contributed by atoms with van der Waals surface area (Å²) in [5.74, 6) is -5.20. The number of nitrogens with one attached hydrogen (secondary N) is 1. The van der Waals surface area contributed by atoms with Crippen LogP contribution in [0.15, 0.2) is 42.5 Å². The van der Waals surface area contributed by atoms with Crippen molar-refractivity contribution >= 4 is 17.5 Å². The normalized spacial score (nSPS) is 14.9. The van der Waals surface area contributed by atoms with Gasteiger partial charge in [-0.3, -0.25) is 14.5 Å². The molecule has 2 amide bonds. The van der Waals surface area contributed by atoms with Gasteiger partial charge in [-0.25, -0.2) is 13.2 Å². The Kier molecular flexibility index (Phi) is 6.53. The fourth-order valence-electron chi connectivity index (χ4n) is 3.46. The molecule has 29 heavy (non-hydrogen) atoms. The Morgan fingerprint density at radius 1 is 1.03 bits per heavy atom. The minimum atomic E-state index is -1.65. The Labute approximate surface area is 167 Å². The topological polar surface area (TPSA) is 52.7 Å². The summed E-state index contributed by atoms with van der Waals surface area (Å²) in [6.07, 6.45) is 1.87. The fraction of sp³-hybridized carbons (Fsp3) is 0.333. The van der Waals surface area contributed by atoms with Crippen LogP contribution in [0.4, 0.5) is 18.9 Å². The third-order valence-corrected chi connectivity index (χ3v) is 4.91. The number of likely N-dealkylation sites (tertiary alicyclic amines) is 1. The van der Waals surface area contributed by atoms with Crippen molar-refractivity contribution in [1.29, 1.82) is 0 Å². The first-order valence-electron chi connectivity index (χ1n) is 9.36. The maximum atomic E-state index is 13.8. The zero-order chi connectivity index (χ0) is 21.0. The third kappa shape index (κ3) is 4.76. The number of hydrogen-bond acceptors (Lipinski definition) is 3. The van der Waals surface area contributed by atoms with Crippen LogP contribution in [0, 0.1) is 17.5 Å². The Balaban J connectivity index is 1.75. The van der Waals surface area contributed by atoms with E-state index in [4.69, 9.17) is 0 Å². The summed E-state index contributed by atoms with van der Waals surface area (Å²) in [5, 5.41) is 2.24. The Bertz CT molecular complexity index is 886. The molecule has 0 unspecified atom stereocenters. The molecule has 0 bridgehead atoms. The smallest absolute Gasteiger partial charge is 0.244 e. The molecular weight excluding hydrogens is 383 g/mol. The number of amides is 2. The number of carbonyl (C=O) groups excluding carboxylic acids is 2. The number of nitrogens with zero attached hydrogens (tertiary/aromatic N) is 2. The maximum Gasteiger partial charge on any atom is 0.244 e. The van der Waals surface area contributed by atoms with E-state index in [9.17, 15) is 22.8 Å². The van der Waals surface area contributed by atoms with Gasteiger partial charge in [-0.05, 0) is 37.6 Å². The van der Waals surface area contributed by atoms with Crippen LogP contribution in [-0.2, 0) is 9.59 Å². The van der Waals surface area contributed by atoms with Crippen molar-refractivity contribution in [3.05, 3.63) is 65.5 Å². The number of hydrogen-bond donors (Lipinski definition) is 1. The second kappa shape index (κ2) is 9.09. The van der Waals surface area contributed by atoms with Gasteiger partial charge in [-0.15, -0.1) is 0 Å². The lowest BCUT2D eigenvalue weighted by Gasteiger charge is -2.30. The molecule has 0 radical (unpaired) electrons. The quantitative estimate of drug-likeness (QED) is 0.750. The van der Waals surface area contributed by atoms with E-state index in [1.165, 1.54) is 0 Å². The van der Waals surface area contributed by atoms with Crippen LogP contribution in [-0.4, -0.2) is 48.3 Å². The lowest BCUT2D eigenvalue weighted by Crippen LogP contribution is -2.43. The van der Waals surface area contributed by atoms with Gasteiger partial charge in [0.1, 0.15) is 6.04 Å². The van der Waals surface area contributed by atoms with Gasteiger partial charge in [0.05, 0.1) is 12.2 Å². The summed E-state index contributed by atoms with van der Waals surface area (Å²) >= 11 is 0. The lowest BCUT2D eigenvalue weighted by atomic mass is 10.0. The van der Waals surface area contributed by atoms with E-state index in [-0.39, 0.29) is 12.5 Å². The molecule has 0 spiro atoms. The third-order valence-electron chi connectivity index (χ3n) is 4.91. The van der Waals surface area contributed by atoms with Crippen molar-refractivity contribution in [2.75, 3.05) is 32.0 Å². The van der Waals surface area contributed by atoms with E-state index < -0.39 is 35.1 Å². The van der Waals surface area contributed by atoms with E-state index in [0.29, 0.717) is 13.1 Å². The van der Waals surface area contributed by atoms with Gasteiger partial charge in [0.15, 0.2) is 17.5 Å². The van der Waals surface area contributed by atoms with Gasteiger partial charge >= 0.3 is 0 Å². The van der Waals surface area contributed by atoms with Crippen molar-refractivity contribution in [3.8, 4) is 0 Å². The van der Waals surface area contributed by atoms with Crippen LogP contribution in [0.2, 0.25) is 0 Å². The number of anilines is 1. The Hall–Kier alpha value is -2.87. The Morgan fingerprint density at radius 3 is 2.34 bits per heavy atom. The maximum absolute atomic E-state index is 13.8. The molecule has 1 aliphatic rings. The van der Waals surface area contributed by atoms with E-state index in [0.717, 1.165) is 30.5 Å². The molecule has 154 valence electrons. The minimum Gasteiger partial charge on any atom is -0.341 e. The zero-order valence-corrected chi connectivity index (χ0v) is 16.0. The molecule has 0 aliphatic carbocycles. The molecule has 8 heteroatoms. The van der Waals surface area contributed by atoms with Crippen molar-refractivity contribution < 1.29 is 22.8 Å². The van der Waals surface area contributed by atoms with Crippen LogP contribution in [0.3, 0.4) is 0 Å². The molecule has 5 nitrogen and oxygen atoms in total. The monoisotopic (exact) mass is 405 g/mol. The highest BCUT2D eigenvalue weighted by Gasteiger charge is 2.31. The van der Waals surface area contributed by atoms with Crippen LogP contribution in [0.25, 0.3) is 0 Å². The molecule has 1 aliphatic heterocycles. The minimum absolute atomic E-state index is 0.108. The van der Waals surface area contributed by atoms with Crippen LogP contribution in [0.1, 0.15) is 24.4 Å². The van der Waals surface area contributed by atoms with E-state index in [1.54, 1.807) is 16.8 Å². The highest BCUT2D eigenvalue weighted by Crippen LogP contribution is 2.25. The first kappa shape index (κ1) is 20.9. The molecule has 1 fully saturated rings. The van der Waals surface area contributed by atoms with Crippen LogP contribution >= 0.6 is 0 Å². The van der Waals surface area contributed by atoms with Gasteiger partial charge < -0.3 is 10.2 Å². The molecule has 2 aromatic carbocycles. The predicted octanol–water partition coefficient (Wildman–Crippen LogP) is 3.34. The number of benzene rings is 2. The Morgan fingerprint density at radius 2 is 1.69 bits per heavy atom. The SMILES string of the molecule is CN(CC(=O)Nc1ccc(F)c(F)c1F)[C@@H](C(=O)N1CCCC1)c1ccccc1. The zero-order valence-electron chi connectivity index (χ0n) is 16.0. The largest absolute Gasteiger partial charge is 0.341 e. The molecular formula is C21H22F3N3O2. The van der Waals surface area contributed by atoms with Crippen LogP contribution < -0.4 is 5.32 Å². The van der Waals surface area contributed by atoms with Gasteiger partial charge in [0.2, 0.25) is 11.8 Å². The molecule has 1 heterocycles. The van der Waals surface area contributed by atoms with Crippen molar-refractivity contribution in [2.45, 2.75) is 18.9 Å². The van der Waals surface area contributed by atoms with Crippen molar-refractivity contribution in [1.82, 2.24) is 9.80 Å². The molecule has 0 saturated carbocycles. The summed E-state index contributed by atoms with van der Waals surface area (Å²) in [5.41, 5.74) is 0.281. The first-order chi connectivity index (χ1) is 13.9. The van der Waals surface area contributed by atoms with E-state index >= 15 is 0 Å². The summed E-state index contributed by atoms with van der Waals surface area (Å²) in [4.78, 5) is 28.8. The molecule has 1 saturated heterocycles. The number of halogens is 3. The molecule has 0 aromatic heterocycles. The number of likely N-dealkylation sites (N-methyl/N-ethyl adjacent to an activating group) is 1. The first-order valence-corrected chi connectivity index (χ1v) is 9.36. The highest BCUT2D eigenvalue weighted by atomic mass is 19.2. The van der Waals surface area contributed by atoms with Gasteiger partial charge in [0, 0.05) is 13.1 Å². The molecule has 2 aromatic rings. The summed E-state index contributed by atoms with van der Waals surface area (Å²) in [6.45, 7) is 1.10. The fourth-order valence-corrected chi connectivity index (χ4v) is 3.46. The summed E-state index contributed by atoms with van der Waals surface area (Å²) in [6, 6.07) is 10.1. The van der Waals surface area contributed by atoms with Gasteiger partial charge in [-0.1, -0.05) is 30.3 Å². The highest BCUT2D eigenvalue weighted by molar-refractivity contribution is 5.93.